The first-order valence-electron chi connectivity index (χ1n) is 2.58. The molecule has 1 unspecified atom stereocenters. The van der Waals surface area contributed by atoms with E-state index in [1.54, 1.807) is 7.05 Å². The molecule has 0 aromatic heterocycles. The number of hydrogen-bond donors (Lipinski definition) is 3. The largest absolute Gasteiger partial charge is 0.398 e. The molecule has 0 spiro atoms. The zero-order chi connectivity index (χ0) is 7.02. The maximum absolute atomic E-state index is 10.6. The minimum Gasteiger partial charge on any atom is -0.398 e. The molecule has 1 atom stereocenters. The summed E-state index contributed by atoms with van der Waals surface area (Å²) in [7, 11) is 1.59. The predicted octanol–water partition coefficient (Wildman–Crippen LogP) is -1.68. The lowest BCUT2D eigenvalue weighted by molar-refractivity contribution is -0.125. The first-order valence-corrected chi connectivity index (χ1v) is 2.58. The number of likely N-dealkylation sites (N-methyl/N-ethyl adjacent to an activating group) is 1. The van der Waals surface area contributed by atoms with Crippen LogP contribution in [-0.2, 0) is 4.79 Å². The molecular weight excluding hydrogens is 120 g/mol. The monoisotopic (exact) mass is 128 g/mol. The molecule has 4 N–H and O–H groups in total. The molecule has 0 saturated heterocycles. The summed E-state index contributed by atoms with van der Waals surface area (Å²) in [5, 5.41) is 11.3. The summed E-state index contributed by atoms with van der Waals surface area (Å²) in [4.78, 5) is 10.6. The number of hydrogen-bond acceptors (Lipinski definition) is 4. The van der Waals surface area contributed by atoms with Crippen LogP contribution in [0.4, 0.5) is 0 Å². The van der Waals surface area contributed by atoms with Gasteiger partial charge in [-0.15, -0.1) is 0 Å². The van der Waals surface area contributed by atoms with E-state index in [2.05, 4.69) is 5.32 Å². The highest BCUT2D eigenvalue weighted by Gasteiger charge is 2.34. The van der Waals surface area contributed by atoms with Gasteiger partial charge in [0.2, 0.25) is 5.78 Å². The number of nitrogens with two attached hydrogens (primary N) is 1. The number of nitrogens with one attached hydrogen (secondary N) is 1. The third-order valence-electron chi connectivity index (χ3n) is 1.33. The Morgan fingerprint density at radius 3 is 2.56 bits per heavy atom. The molecule has 4 nitrogen and oxygen atoms in total. The number of Topliss-reactive ketones (excluding diaryl/α,β-unsaturated/α-hetero) is 1. The Labute approximate surface area is 52.3 Å². The van der Waals surface area contributed by atoms with E-state index in [-0.39, 0.29) is 11.5 Å². The second-order valence-corrected chi connectivity index (χ2v) is 1.85. The molecule has 0 aromatic carbocycles. The molecule has 9 heavy (non-hydrogen) atoms. The van der Waals surface area contributed by atoms with Crippen LogP contribution in [0.2, 0.25) is 0 Å². The molecule has 0 fully saturated rings. The molecule has 0 aromatic rings. The van der Waals surface area contributed by atoms with Gasteiger partial charge in [0, 0.05) is 7.05 Å². The summed E-state index contributed by atoms with van der Waals surface area (Å²) < 4.78 is 0. The van der Waals surface area contributed by atoms with Crippen molar-refractivity contribution >= 4 is 5.78 Å². The third kappa shape index (κ3) is 0.598. The molecule has 50 valence electrons. The van der Waals surface area contributed by atoms with Gasteiger partial charge in [0.15, 0.2) is 6.10 Å². The van der Waals surface area contributed by atoms with Gasteiger partial charge in [0.1, 0.15) is 5.70 Å². The second-order valence-electron chi connectivity index (χ2n) is 1.85. The lowest BCUT2D eigenvalue weighted by atomic mass is 9.96. The zero-order valence-electron chi connectivity index (χ0n) is 5.01. The standard InChI is InChI=1S/C5H8N2O2/c1-7-3-2(6)4(8)5(3)9/h4,7-8H,6H2,1H3. The zero-order valence-corrected chi connectivity index (χ0v) is 5.01. The van der Waals surface area contributed by atoms with Gasteiger partial charge in [-0.05, 0) is 0 Å². The van der Waals surface area contributed by atoms with Crippen molar-refractivity contribution in [1.29, 1.82) is 0 Å². The second kappa shape index (κ2) is 1.73. The summed E-state index contributed by atoms with van der Waals surface area (Å²) in [6, 6.07) is 0. The minimum atomic E-state index is -1.06. The van der Waals surface area contributed by atoms with Crippen molar-refractivity contribution in [3.63, 3.8) is 0 Å². The van der Waals surface area contributed by atoms with Crippen LogP contribution in [0.1, 0.15) is 0 Å². The summed E-state index contributed by atoms with van der Waals surface area (Å²) in [5.74, 6) is -0.324. The summed E-state index contributed by atoms with van der Waals surface area (Å²) in [6.07, 6.45) is -1.06. The van der Waals surface area contributed by atoms with Gasteiger partial charge >= 0.3 is 0 Å². The van der Waals surface area contributed by atoms with Gasteiger partial charge in [0.25, 0.3) is 0 Å². The average molecular weight is 128 g/mol. The van der Waals surface area contributed by atoms with E-state index in [0.29, 0.717) is 5.70 Å². The highest BCUT2D eigenvalue weighted by molar-refractivity contribution is 6.07. The van der Waals surface area contributed by atoms with E-state index >= 15 is 0 Å². The van der Waals surface area contributed by atoms with Crippen LogP contribution in [0.25, 0.3) is 0 Å². The van der Waals surface area contributed by atoms with Crippen LogP contribution in [0.5, 0.6) is 0 Å². The van der Waals surface area contributed by atoms with Gasteiger partial charge in [0.05, 0.1) is 5.70 Å². The summed E-state index contributed by atoms with van der Waals surface area (Å²) >= 11 is 0. The van der Waals surface area contributed by atoms with Crippen molar-refractivity contribution in [2.24, 2.45) is 5.73 Å². The van der Waals surface area contributed by atoms with Crippen LogP contribution < -0.4 is 11.1 Å². The third-order valence-corrected chi connectivity index (χ3v) is 1.33. The van der Waals surface area contributed by atoms with Crippen molar-refractivity contribution in [3.8, 4) is 0 Å². The molecule has 0 bridgehead atoms. The highest BCUT2D eigenvalue weighted by atomic mass is 16.3. The lowest BCUT2D eigenvalue weighted by Crippen LogP contribution is -2.45. The Kier molecular flexibility index (Phi) is 1.17. The van der Waals surface area contributed by atoms with Crippen molar-refractivity contribution < 1.29 is 9.90 Å². The van der Waals surface area contributed by atoms with Gasteiger partial charge in [-0.25, -0.2) is 0 Å². The first kappa shape index (κ1) is 6.10. The Morgan fingerprint density at radius 1 is 1.78 bits per heavy atom. The Balaban J connectivity index is 2.83. The van der Waals surface area contributed by atoms with Crippen molar-refractivity contribution in [2.45, 2.75) is 6.10 Å². The minimum absolute atomic E-state index is 0.238. The van der Waals surface area contributed by atoms with Crippen LogP contribution in [-0.4, -0.2) is 24.0 Å². The first-order chi connectivity index (χ1) is 4.18. The van der Waals surface area contributed by atoms with Crippen molar-refractivity contribution in [1.82, 2.24) is 5.32 Å². The molecule has 1 aliphatic carbocycles. The van der Waals surface area contributed by atoms with Crippen molar-refractivity contribution in [3.05, 3.63) is 11.4 Å². The van der Waals surface area contributed by atoms with Crippen LogP contribution in [0, 0.1) is 0 Å². The van der Waals surface area contributed by atoms with Crippen LogP contribution in [0.3, 0.4) is 0 Å². The van der Waals surface area contributed by atoms with E-state index in [9.17, 15) is 4.79 Å². The molecule has 0 saturated carbocycles. The number of carbonyl (C=O) groups excluding carboxylic acids is 1. The van der Waals surface area contributed by atoms with Gasteiger partial charge in [-0.1, -0.05) is 0 Å². The SMILES string of the molecule is CNC1=C(N)C(O)C1=O. The summed E-state index contributed by atoms with van der Waals surface area (Å²) in [5.41, 5.74) is 5.79. The number of carbonyl (C=O) groups is 1. The maximum Gasteiger partial charge on any atom is 0.215 e. The van der Waals surface area contributed by atoms with E-state index < -0.39 is 6.10 Å². The van der Waals surface area contributed by atoms with E-state index in [4.69, 9.17) is 10.8 Å². The maximum atomic E-state index is 10.6. The highest BCUT2D eigenvalue weighted by Crippen LogP contribution is 2.16. The molecule has 4 heteroatoms. The number of aliphatic hydroxyl groups is 1. The molecule has 1 aliphatic rings. The molecule has 0 amide bonds. The van der Waals surface area contributed by atoms with Crippen molar-refractivity contribution in [2.75, 3.05) is 7.05 Å². The number of rotatable bonds is 1. The van der Waals surface area contributed by atoms with Crippen LogP contribution >= 0.6 is 0 Å². The fraction of sp³-hybridized carbons (Fsp3) is 0.400. The quantitative estimate of drug-likeness (QED) is 0.394. The normalized spacial score (nSPS) is 26.0. The van der Waals surface area contributed by atoms with Gasteiger partial charge in [-0.3, -0.25) is 4.79 Å². The molecule has 0 heterocycles. The molecule has 0 aliphatic heterocycles. The van der Waals surface area contributed by atoms with Gasteiger partial charge in [-0.2, -0.15) is 0 Å². The average Bonchev–Trinajstić information content (AvgIpc) is 1.89. The molecule has 0 radical (unpaired) electrons. The van der Waals surface area contributed by atoms with Gasteiger partial charge < -0.3 is 16.2 Å². The van der Waals surface area contributed by atoms with E-state index in [1.165, 1.54) is 0 Å². The fourth-order valence-electron chi connectivity index (χ4n) is 0.747. The van der Waals surface area contributed by atoms with E-state index in [1.807, 2.05) is 0 Å². The fourth-order valence-corrected chi connectivity index (χ4v) is 0.747. The van der Waals surface area contributed by atoms with Crippen LogP contribution in [0.15, 0.2) is 11.4 Å². The smallest absolute Gasteiger partial charge is 0.215 e. The Bertz CT molecular complexity index is 185. The lowest BCUT2D eigenvalue weighted by Gasteiger charge is -2.23. The number of ketones is 1. The molecular formula is C5H8N2O2. The van der Waals surface area contributed by atoms with E-state index in [0.717, 1.165) is 0 Å². The predicted molar refractivity (Wildman–Crippen MR) is 31.3 cm³/mol. The number of aliphatic hydroxyl groups excluding tert-OH is 1. The molecule has 1 rings (SSSR count). The Hall–Kier alpha value is -1.03. The Morgan fingerprint density at radius 2 is 2.33 bits per heavy atom. The topological polar surface area (TPSA) is 75.3 Å². The summed E-state index contributed by atoms with van der Waals surface area (Å²) in [6.45, 7) is 0.